The lowest BCUT2D eigenvalue weighted by atomic mass is 9.95. The Morgan fingerprint density at radius 1 is 1.37 bits per heavy atom. The molecule has 0 unspecified atom stereocenters. The number of amides is 1. The van der Waals surface area contributed by atoms with Crippen LogP contribution in [0.25, 0.3) is 0 Å². The first-order chi connectivity index (χ1) is 9.23. The Morgan fingerprint density at radius 2 is 2.16 bits per heavy atom. The van der Waals surface area contributed by atoms with Crippen molar-refractivity contribution < 1.29 is 18.7 Å². The summed E-state index contributed by atoms with van der Waals surface area (Å²) in [6.45, 7) is 2.44. The predicted molar refractivity (Wildman–Crippen MR) is 64.2 cm³/mol. The summed E-state index contributed by atoms with van der Waals surface area (Å²) in [6.07, 6.45) is 3.21. The Hall–Kier alpha value is -1.53. The minimum atomic E-state index is -0.590. The van der Waals surface area contributed by atoms with Gasteiger partial charge in [0.1, 0.15) is 0 Å². The molecule has 3 heterocycles. The van der Waals surface area contributed by atoms with Gasteiger partial charge in [0.05, 0.1) is 37.1 Å². The van der Waals surface area contributed by atoms with Crippen molar-refractivity contribution in [1.82, 2.24) is 9.88 Å². The Balaban J connectivity index is 1.91. The zero-order valence-corrected chi connectivity index (χ0v) is 10.5. The summed E-state index contributed by atoms with van der Waals surface area (Å²) in [5.74, 6) is -0.901. The number of morpholine rings is 1. The average Bonchev–Trinajstić information content (AvgIpc) is 2.88. The first-order valence-corrected chi connectivity index (χ1v) is 6.30. The lowest BCUT2D eigenvalue weighted by molar-refractivity contribution is -0.0552. The van der Waals surface area contributed by atoms with E-state index in [-0.39, 0.29) is 11.5 Å². The van der Waals surface area contributed by atoms with E-state index in [4.69, 9.17) is 9.47 Å². The summed E-state index contributed by atoms with van der Waals surface area (Å²) < 4.78 is 24.6. The van der Waals surface area contributed by atoms with E-state index in [1.807, 2.05) is 0 Å². The van der Waals surface area contributed by atoms with E-state index in [0.29, 0.717) is 33.0 Å². The van der Waals surface area contributed by atoms with Crippen molar-refractivity contribution in [3.05, 3.63) is 29.8 Å². The zero-order valence-electron chi connectivity index (χ0n) is 10.5. The molecule has 2 aliphatic rings. The highest BCUT2D eigenvalue weighted by Gasteiger charge is 2.46. The lowest BCUT2D eigenvalue weighted by Crippen LogP contribution is -2.59. The van der Waals surface area contributed by atoms with Gasteiger partial charge in [-0.3, -0.25) is 9.78 Å². The number of carbonyl (C=O) groups is 1. The summed E-state index contributed by atoms with van der Waals surface area (Å²) in [5.41, 5.74) is -0.381. The Morgan fingerprint density at radius 3 is 2.89 bits per heavy atom. The fraction of sp³-hybridized carbons (Fsp3) is 0.538. The molecule has 1 atom stereocenters. The van der Waals surface area contributed by atoms with Crippen molar-refractivity contribution >= 4 is 5.91 Å². The minimum absolute atomic E-state index is 0.0585. The van der Waals surface area contributed by atoms with Gasteiger partial charge < -0.3 is 14.4 Å². The second-order valence-corrected chi connectivity index (χ2v) is 4.89. The standard InChI is InChI=1S/C13H15FN2O3/c14-11-7-15-3-1-10(11)12(17)16-4-6-19-9-13(16)2-5-18-8-13/h1,3,7H,2,4-6,8-9H2/t13-/m1/s1. The molecule has 6 heteroatoms. The van der Waals surface area contributed by atoms with E-state index in [0.717, 1.165) is 12.6 Å². The molecule has 2 saturated heterocycles. The highest BCUT2D eigenvalue weighted by atomic mass is 19.1. The van der Waals surface area contributed by atoms with Crippen LogP contribution in [0.2, 0.25) is 0 Å². The largest absolute Gasteiger partial charge is 0.379 e. The van der Waals surface area contributed by atoms with Crippen LogP contribution in [0.15, 0.2) is 18.5 Å². The topological polar surface area (TPSA) is 51.7 Å². The summed E-state index contributed by atoms with van der Waals surface area (Å²) in [7, 11) is 0. The molecule has 3 rings (SSSR count). The summed E-state index contributed by atoms with van der Waals surface area (Å²) in [6, 6.07) is 1.41. The van der Waals surface area contributed by atoms with Crippen molar-refractivity contribution in [1.29, 1.82) is 0 Å². The number of rotatable bonds is 1. The van der Waals surface area contributed by atoms with E-state index >= 15 is 0 Å². The molecular weight excluding hydrogens is 251 g/mol. The zero-order chi connectivity index (χ0) is 13.3. The molecule has 0 aliphatic carbocycles. The Labute approximate surface area is 110 Å². The highest BCUT2D eigenvalue weighted by molar-refractivity contribution is 5.95. The van der Waals surface area contributed by atoms with Crippen molar-refractivity contribution in [2.24, 2.45) is 0 Å². The van der Waals surface area contributed by atoms with Gasteiger partial charge >= 0.3 is 0 Å². The average molecular weight is 266 g/mol. The molecule has 1 amide bonds. The summed E-state index contributed by atoms with van der Waals surface area (Å²) >= 11 is 0. The van der Waals surface area contributed by atoms with E-state index in [1.165, 1.54) is 12.3 Å². The molecule has 0 radical (unpaired) electrons. The van der Waals surface area contributed by atoms with Gasteiger partial charge in [-0.05, 0) is 12.5 Å². The van der Waals surface area contributed by atoms with Crippen molar-refractivity contribution in [2.75, 3.05) is 33.0 Å². The second kappa shape index (κ2) is 4.86. The molecule has 1 aromatic rings. The molecule has 0 saturated carbocycles. The minimum Gasteiger partial charge on any atom is -0.379 e. The van der Waals surface area contributed by atoms with Crippen LogP contribution in [-0.2, 0) is 9.47 Å². The molecule has 0 N–H and O–H groups in total. The van der Waals surface area contributed by atoms with Gasteiger partial charge in [0.15, 0.2) is 5.82 Å². The second-order valence-electron chi connectivity index (χ2n) is 4.89. The van der Waals surface area contributed by atoms with Crippen LogP contribution < -0.4 is 0 Å². The number of halogens is 1. The van der Waals surface area contributed by atoms with E-state index in [1.54, 1.807) is 4.90 Å². The maximum atomic E-state index is 13.7. The molecule has 0 aromatic carbocycles. The summed E-state index contributed by atoms with van der Waals surface area (Å²) in [5, 5.41) is 0. The third-order valence-corrected chi connectivity index (χ3v) is 3.73. The van der Waals surface area contributed by atoms with Gasteiger partial charge in [-0.1, -0.05) is 0 Å². The van der Waals surface area contributed by atoms with Gasteiger partial charge in [-0.15, -0.1) is 0 Å². The fourth-order valence-corrected chi connectivity index (χ4v) is 2.67. The van der Waals surface area contributed by atoms with Crippen LogP contribution in [0.5, 0.6) is 0 Å². The molecule has 19 heavy (non-hydrogen) atoms. The number of hydrogen-bond donors (Lipinski definition) is 0. The van der Waals surface area contributed by atoms with Crippen molar-refractivity contribution in [3.63, 3.8) is 0 Å². The van der Waals surface area contributed by atoms with Gasteiger partial charge in [0.2, 0.25) is 0 Å². The third-order valence-electron chi connectivity index (χ3n) is 3.73. The molecule has 2 aliphatic heterocycles. The van der Waals surface area contributed by atoms with Crippen LogP contribution in [0.1, 0.15) is 16.8 Å². The van der Waals surface area contributed by atoms with Gasteiger partial charge in [0.25, 0.3) is 5.91 Å². The molecule has 1 spiro atoms. The van der Waals surface area contributed by atoms with Crippen LogP contribution in [0.3, 0.4) is 0 Å². The smallest absolute Gasteiger partial charge is 0.257 e. The lowest BCUT2D eigenvalue weighted by Gasteiger charge is -2.43. The number of aromatic nitrogens is 1. The third kappa shape index (κ3) is 2.11. The SMILES string of the molecule is O=C(c1ccncc1F)N1CCOC[C@]12CCOC2. The number of carbonyl (C=O) groups excluding carboxylic acids is 1. The Bertz CT molecular complexity index is 489. The fourth-order valence-electron chi connectivity index (χ4n) is 2.67. The predicted octanol–water partition coefficient (Wildman–Crippen LogP) is 0.852. The van der Waals surface area contributed by atoms with E-state index < -0.39 is 11.4 Å². The van der Waals surface area contributed by atoms with Crippen LogP contribution >= 0.6 is 0 Å². The highest BCUT2D eigenvalue weighted by Crippen LogP contribution is 2.30. The van der Waals surface area contributed by atoms with Gasteiger partial charge in [-0.2, -0.15) is 0 Å². The molecular formula is C13H15FN2O3. The first-order valence-electron chi connectivity index (χ1n) is 6.30. The normalized spacial score (nSPS) is 26.9. The van der Waals surface area contributed by atoms with Gasteiger partial charge in [0, 0.05) is 19.3 Å². The van der Waals surface area contributed by atoms with Gasteiger partial charge in [-0.25, -0.2) is 4.39 Å². The molecule has 2 fully saturated rings. The van der Waals surface area contributed by atoms with Crippen LogP contribution in [0, 0.1) is 5.82 Å². The molecule has 5 nitrogen and oxygen atoms in total. The number of nitrogens with zero attached hydrogens (tertiary/aromatic N) is 2. The summed E-state index contributed by atoms with van der Waals surface area (Å²) in [4.78, 5) is 17.9. The maximum absolute atomic E-state index is 13.7. The number of hydrogen-bond acceptors (Lipinski definition) is 4. The van der Waals surface area contributed by atoms with Crippen LogP contribution in [-0.4, -0.2) is 54.3 Å². The van der Waals surface area contributed by atoms with E-state index in [9.17, 15) is 9.18 Å². The monoisotopic (exact) mass is 266 g/mol. The van der Waals surface area contributed by atoms with Crippen molar-refractivity contribution in [2.45, 2.75) is 12.0 Å². The maximum Gasteiger partial charge on any atom is 0.257 e. The van der Waals surface area contributed by atoms with Crippen LogP contribution in [0.4, 0.5) is 4.39 Å². The Kier molecular flexibility index (Phi) is 3.20. The van der Waals surface area contributed by atoms with E-state index in [2.05, 4.69) is 4.98 Å². The molecule has 1 aromatic heterocycles. The number of pyridine rings is 1. The molecule has 102 valence electrons. The van der Waals surface area contributed by atoms with Crippen molar-refractivity contribution in [3.8, 4) is 0 Å². The number of ether oxygens (including phenoxy) is 2. The quantitative estimate of drug-likeness (QED) is 0.756. The first kappa shape index (κ1) is 12.5. The molecule has 0 bridgehead atoms.